The van der Waals surface area contributed by atoms with Crippen molar-refractivity contribution in [3.63, 3.8) is 0 Å². The van der Waals surface area contributed by atoms with Gasteiger partial charge in [0.1, 0.15) is 37.5 Å². The Bertz CT molecular complexity index is 1780. The van der Waals surface area contributed by atoms with Gasteiger partial charge in [0.05, 0.1) is 23.8 Å². The van der Waals surface area contributed by atoms with E-state index in [9.17, 15) is 17.7 Å². The number of likely N-dealkylation sites (tertiary alicyclic amines) is 2. The number of hydrogen-bond acceptors (Lipinski definition) is 11. The maximum atomic E-state index is 14.2. The summed E-state index contributed by atoms with van der Waals surface area (Å²) in [4.78, 5) is 15.8. The van der Waals surface area contributed by atoms with Crippen LogP contribution < -0.4 is 35.0 Å². The molecule has 0 saturated carbocycles. The van der Waals surface area contributed by atoms with E-state index in [1.54, 1.807) is 13.2 Å². The molecule has 3 fully saturated rings. The number of aryl methyl sites for hydroxylation is 1. The predicted molar refractivity (Wildman–Crippen MR) is 189 cm³/mol. The SMILES string of the molecule is COc1cc(N2CCC(N3C[C@H]4CN(C)C[C@H]4C3)CC2)c(C)cc1Nc1ncc(C(F)(F)F)c(Nc2ccc3c(c2P(C)(C)=O)OCCO3)n1. The van der Waals surface area contributed by atoms with Crippen LogP contribution in [0, 0.1) is 18.8 Å². The van der Waals surface area contributed by atoms with Crippen LogP contribution in [0.3, 0.4) is 0 Å². The summed E-state index contributed by atoms with van der Waals surface area (Å²) in [6.45, 7) is 12.3. The Labute approximate surface area is 290 Å². The number of rotatable bonds is 8. The lowest BCUT2D eigenvalue weighted by molar-refractivity contribution is -0.137. The lowest BCUT2D eigenvalue weighted by atomic mass is 10.0. The van der Waals surface area contributed by atoms with Gasteiger partial charge >= 0.3 is 6.18 Å². The summed E-state index contributed by atoms with van der Waals surface area (Å²) in [6, 6.07) is 7.59. The maximum Gasteiger partial charge on any atom is 0.421 e. The van der Waals surface area contributed by atoms with E-state index in [0.717, 1.165) is 55.2 Å². The molecule has 0 spiro atoms. The van der Waals surface area contributed by atoms with Crippen molar-refractivity contribution < 1.29 is 31.9 Å². The number of fused-ring (bicyclic) bond motifs is 2. The van der Waals surface area contributed by atoms with Gasteiger partial charge in [-0.1, -0.05) is 0 Å². The molecule has 0 aliphatic carbocycles. The number of ether oxygens (including phenoxy) is 3. The first kappa shape index (κ1) is 34.7. The summed E-state index contributed by atoms with van der Waals surface area (Å²) in [5, 5.41) is 6.13. The van der Waals surface area contributed by atoms with Gasteiger partial charge in [0.25, 0.3) is 0 Å². The second-order valence-electron chi connectivity index (χ2n) is 14.3. The topological polar surface area (TPSA) is 104 Å². The number of halogens is 3. The van der Waals surface area contributed by atoms with E-state index in [2.05, 4.69) is 42.3 Å². The molecule has 2 atom stereocenters. The Morgan fingerprint density at radius 1 is 0.980 bits per heavy atom. The van der Waals surface area contributed by atoms with Crippen LogP contribution in [-0.2, 0) is 10.7 Å². The number of nitrogens with zero attached hydrogens (tertiary/aromatic N) is 5. The molecule has 4 aliphatic rings. The molecule has 0 radical (unpaired) electrons. The quantitative estimate of drug-likeness (QED) is 0.278. The van der Waals surface area contributed by atoms with Crippen molar-refractivity contribution in [1.29, 1.82) is 0 Å². The molecule has 4 aliphatic heterocycles. The number of methoxy groups -OCH3 is 1. The van der Waals surface area contributed by atoms with Crippen LogP contribution in [0.15, 0.2) is 30.5 Å². The number of hydrogen-bond donors (Lipinski definition) is 2. The van der Waals surface area contributed by atoms with Gasteiger partial charge in [0.15, 0.2) is 11.5 Å². The van der Waals surface area contributed by atoms with Crippen LogP contribution >= 0.6 is 7.14 Å². The van der Waals surface area contributed by atoms with Gasteiger partial charge in [0, 0.05) is 63.3 Å². The van der Waals surface area contributed by atoms with Crippen LogP contribution in [0.5, 0.6) is 17.2 Å². The molecule has 0 amide bonds. The first-order valence-electron chi connectivity index (χ1n) is 17.1. The molecular formula is C35H45F3N7O4P. The summed E-state index contributed by atoms with van der Waals surface area (Å²) in [5.74, 6) is 2.19. The van der Waals surface area contributed by atoms with E-state index in [1.165, 1.54) is 45.6 Å². The van der Waals surface area contributed by atoms with Gasteiger partial charge in [-0.05, 0) is 75.7 Å². The van der Waals surface area contributed by atoms with Gasteiger partial charge in [-0.3, -0.25) is 4.90 Å². The Kier molecular flexibility index (Phi) is 9.32. The van der Waals surface area contributed by atoms with Crippen molar-refractivity contribution in [2.24, 2.45) is 11.8 Å². The van der Waals surface area contributed by atoms with E-state index in [0.29, 0.717) is 29.8 Å². The zero-order valence-electron chi connectivity index (χ0n) is 29.1. The van der Waals surface area contributed by atoms with Crippen molar-refractivity contribution in [3.05, 3.63) is 41.6 Å². The Hall–Kier alpha value is -3.74. The monoisotopic (exact) mass is 715 g/mol. The summed E-state index contributed by atoms with van der Waals surface area (Å²) < 4.78 is 73.2. The van der Waals surface area contributed by atoms with E-state index in [4.69, 9.17) is 14.2 Å². The lowest BCUT2D eigenvalue weighted by Gasteiger charge is -2.39. The molecule has 50 heavy (non-hydrogen) atoms. The van der Waals surface area contributed by atoms with Crippen LogP contribution in [0.2, 0.25) is 0 Å². The number of piperidine rings is 1. The van der Waals surface area contributed by atoms with Crippen molar-refractivity contribution in [2.45, 2.75) is 32.0 Å². The summed E-state index contributed by atoms with van der Waals surface area (Å²) >= 11 is 0. The number of benzene rings is 2. The summed E-state index contributed by atoms with van der Waals surface area (Å²) in [5.41, 5.74) is 1.70. The number of aromatic nitrogens is 2. The average molecular weight is 716 g/mol. The van der Waals surface area contributed by atoms with E-state index in [1.807, 2.05) is 19.1 Å². The molecule has 3 saturated heterocycles. The standard InChI is InChI=1S/C35H45F3N7O4P/c1-21-14-27(30(47-3)15-28(21)44-10-8-24(9-11-44)45-19-22-17-43(2)18-23(22)20-45)41-34-39-16-25(35(36,37)38)33(42-34)40-26-6-7-29-31(49-13-12-48-29)32(26)50(4,5)46/h6-7,14-16,22-24H,8-13,17-20H2,1-5H3,(H2,39,40,41,42)/t22-,23+. The third-order valence-corrected chi connectivity index (χ3v) is 11.9. The van der Waals surface area contributed by atoms with Gasteiger partial charge in [0.2, 0.25) is 5.95 Å². The Balaban J connectivity index is 1.11. The zero-order chi connectivity index (χ0) is 35.4. The highest BCUT2D eigenvalue weighted by Gasteiger charge is 2.41. The van der Waals surface area contributed by atoms with Gasteiger partial charge in [-0.15, -0.1) is 0 Å². The second kappa shape index (κ2) is 13.4. The normalized spacial score (nSPS) is 21.7. The third-order valence-electron chi connectivity index (χ3n) is 10.4. The van der Waals surface area contributed by atoms with Crippen molar-refractivity contribution in [1.82, 2.24) is 19.8 Å². The van der Waals surface area contributed by atoms with Gasteiger partial charge in [-0.2, -0.15) is 18.2 Å². The highest BCUT2D eigenvalue weighted by molar-refractivity contribution is 7.70. The van der Waals surface area contributed by atoms with E-state index >= 15 is 0 Å². The fraction of sp³-hybridized carbons (Fsp3) is 0.543. The molecular weight excluding hydrogens is 670 g/mol. The molecule has 3 aromatic rings. The van der Waals surface area contributed by atoms with Crippen molar-refractivity contribution in [2.75, 3.05) is 95.5 Å². The number of anilines is 5. The summed E-state index contributed by atoms with van der Waals surface area (Å²) in [7, 11) is 0.728. The van der Waals surface area contributed by atoms with E-state index in [-0.39, 0.29) is 29.3 Å². The smallest absolute Gasteiger partial charge is 0.421 e. The Morgan fingerprint density at radius 3 is 2.34 bits per heavy atom. The first-order chi connectivity index (χ1) is 23.8. The molecule has 7 rings (SSSR count). The average Bonchev–Trinajstić information content (AvgIpc) is 3.61. The second-order valence-corrected chi connectivity index (χ2v) is 17.4. The lowest BCUT2D eigenvalue weighted by Crippen LogP contribution is -2.45. The highest BCUT2D eigenvalue weighted by Crippen LogP contribution is 2.47. The molecule has 270 valence electrons. The fourth-order valence-electron chi connectivity index (χ4n) is 8.05. The van der Waals surface area contributed by atoms with Crippen molar-refractivity contribution >= 4 is 41.3 Å². The van der Waals surface area contributed by atoms with Gasteiger partial charge in [-0.25, -0.2) is 4.98 Å². The predicted octanol–water partition coefficient (Wildman–Crippen LogP) is 5.78. The molecule has 15 heteroatoms. The number of nitrogens with one attached hydrogen (secondary N) is 2. The third kappa shape index (κ3) is 6.94. The molecule has 0 unspecified atom stereocenters. The number of alkyl halides is 3. The van der Waals surface area contributed by atoms with Gasteiger partial charge < -0.3 is 39.2 Å². The molecule has 0 bridgehead atoms. The van der Waals surface area contributed by atoms with Crippen LogP contribution in [-0.4, -0.2) is 106 Å². The molecule has 5 heterocycles. The highest BCUT2D eigenvalue weighted by atomic mass is 31.2. The molecule has 2 aromatic carbocycles. The van der Waals surface area contributed by atoms with Crippen LogP contribution in [0.1, 0.15) is 24.0 Å². The van der Waals surface area contributed by atoms with Crippen LogP contribution in [0.4, 0.5) is 42.0 Å². The minimum Gasteiger partial charge on any atom is -0.494 e. The summed E-state index contributed by atoms with van der Waals surface area (Å²) in [6.07, 6.45) is -1.83. The minimum atomic E-state index is -4.76. The molecule has 2 N–H and O–H groups in total. The Morgan fingerprint density at radius 2 is 1.68 bits per heavy atom. The first-order valence-corrected chi connectivity index (χ1v) is 19.7. The van der Waals surface area contributed by atoms with E-state index < -0.39 is 24.7 Å². The fourth-order valence-corrected chi connectivity index (χ4v) is 9.42. The van der Waals surface area contributed by atoms with Crippen LogP contribution in [0.25, 0.3) is 0 Å². The molecule has 11 nitrogen and oxygen atoms in total. The largest absolute Gasteiger partial charge is 0.494 e. The molecule has 1 aromatic heterocycles. The minimum absolute atomic E-state index is 0.0661. The maximum absolute atomic E-state index is 14.2. The van der Waals surface area contributed by atoms with Crippen molar-refractivity contribution in [3.8, 4) is 17.2 Å². The zero-order valence-corrected chi connectivity index (χ0v) is 30.0.